The van der Waals surface area contributed by atoms with Gasteiger partial charge in [0.15, 0.2) is 0 Å². The van der Waals surface area contributed by atoms with Gasteiger partial charge < -0.3 is 15.5 Å². The Balaban J connectivity index is 1.69. The second-order valence-electron chi connectivity index (χ2n) is 7.96. The Kier molecular flexibility index (Phi) is 8.32. The van der Waals surface area contributed by atoms with E-state index in [2.05, 4.69) is 15.3 Å². The number of hydrogen-bond acceptors (Lipinski definition) is 5. The molecular weight excluding hydrogens is 458 g/mol. The Morgan fingerprint density at radius 3 is 2.41 bits per heavy atom. The largest absolute Gasteiger partial charge is 0.481 e. The highest BCUT2D eigenvalue weighted by molar-refractivity contribution is 6.30. The summed E-state index contributed by atoms with van der Waals surface area (Å²) in [5.41, 5.74) is 2.97. The molecule has 176 valence electrons. The van der Waals surface area contributed by atoms with Crippen molar-refractivity contribution in [3.05, 3.63) is 82.9 Å². The lowest BCUT2D eigenvalue weighted by Crippen LogP contribution is -2.38. The monoisotopic (exact) mass is 481 g/mol. The number of halogens is 1. The summed E-state index contributed by atoms with van der Waals surface area (Å²) in [5, 5.41) is 21.8. The SMILES string of the molecule is CC(CC(CCc1ccc(-c2cccc(Cl)c2)cc1)NC(=O)c1ccnc(C(=O)O)n1)C(=O)O. The minimum Gasteiger partial charge on any atom is -0.481 e. The van der Waals surface area contributed by atoms with Gasteiger partial charge in [0.05, 0.1) is 5.92 Å². The zero-order valence-electron chi connectivity index (χ0n) is 18.4. The lowest BCUT2D eigenvalue weighted by atomic mass is 9.95. The average Bonchev–Trinajstić information content (AvgIpc) is 2.82. The van der Waals surface area contributed by atoms with Crippen LogP contribution in [0.1, 0.15) is 46.4 Å². The minimum atomic E-state index is -1.34. The number of carbonyl (C=O) groups is 3. The molecule has 2 unspecified atom stereocenters. The topological polar surface area (TPSA) is 129 Å². The number of nitrogens with zero attached hydrogens (tertiary/aromatic N) is 2. The summed E-state index contributed by atoms with van der Waals surface area (Å²) in [6, 6.07) is 16.4. The van der Waals surface area contributed by atoms with Gasteiger partial charge in [0.25, 0.3) is 5.91 Å². The van der Waals surface area contributed by atoms with Crippen molar-refractivity contribution in [3.63, 3.8) is 0 Å². The Morgan fingerprint density at radius 1 is 1.03 bits per heavy atom. The molecule has 0 radical (unpaired) electrons. The molecule has 0 bridgehead atoms. The zero-order valence-corrected chi connectivity index (χ0v) is 19.2. The van der Waals surface area contributed by atoms with Gasteiger partial charge in [0.1, 0.15) is 5.69 Å². The molecule has 0 aliphatic carbocycles. The van der Waals surface area contributed by atoms with Crippen molar-refractivity contribution in [2.45, 2.75) is 32.2 Å². The van der Waals surface area contributed by atoms with E-state index in [-0.39, 0.29) is 12.1 Å². The van der Waals surface area contributed by atoms with Crippen molar-refractivity contribution in [1.29, 1.82) is 0 Å². The average molecular weight is 482 g/mol. The minimum absolute atomic E-state index is 0.0914. The maximum absolute atomic E-state index is 12.7. The first kappa shape index (κ1) is 24.9. The lowest BCUT2D eigenvalue weighted by molar-refractivity contribution is -0.141. The van der Waals surface area contributed by atoms with Gasteiger partial charge in [-0.1, -0.05) is 54.9 Å². The van der Waals surface area contributed by atoms with E-state index >= 15 is 0 Å². The first-order valence-electron chi connectivity index (χ1n) is 10.7. The molecule has 0 spiro atoms. The number of carbonyl (C=O) groups excluding carboxylic acids is 1. The van der Waals surface area contributed by atoms with Crippen LogP contribution in [0.5, 0.6) is 0 Å². The number of benzene rings is 2. The fourth-order valence-electron chi connectivity index (χ4n) is 3.50. The van der Waals surface area contributed by atoms with Crippen molar-refractivity contribution < 1.29 is 24.6 Å². The summed E-state index contributed by atoms with van der Waals surface area (Å²) in [5.74, 6) is -4.03. The molecule has 0 aliphatic rings. The molecule has 0 saturated heterocycles. The highest BCUT2D eigenvalue weighted by Gasteiger charge is 2.22. The maximum Gasteiger partial charge on any atom is 0.373 e. The van der Waals surface area contributed by atoms with Crippen molar-refractivity contribution in [2.24, 2.45) is 5.92 Å². The summed E-state index contributed by atoms with van der Waals surface area (Å²) < 4.78 is 0. The molecule has 0 aliphatic heterocycles. The highest BCUT2D eigenvalue weighted by atomic mass is 35.5. The van der Waals surface area contributed by atoms with E-state index in [0.717, 1.165) is 16.7 Å². The van der Waals surface area contributed by atoms with Crippen LogP contribution in [-0.4, -0.2) is 44.1 Å². The van der Waals surface area contributed by atoms with Crippen LogP contribution in [0, 0.1) is 5.92 Å². The van der Waals surface area contributed by atoms with Gasteiger partial charge in [-0.2, -0.15) is 0 Å². The third kappa shape index (κ3) is 6.86. The zero-order chi connectivity index (χ0) is 24.7. The van der Waals surface area contributed by atoms with Crippen molar-refractivity contribution in [1.82, 2.24) is 15.3 Å². The number of aromatic nitrogens is 2. The number of aliphatic carboxylic acids is 1. The van der Waals surface area contributed by atoms with Gasteiger partial charge in [-0.05, 0) is 54.2 Å². The van der Waals surface area contributed by atoms with Crippen LogP contribution in [0.4, 0.5) is 0 Å². The molecule has 2 aromatic carbocycles. The molecule has 3 N–H and O–H groups in total. The van der Waals surface area contributed by atoms with Crippen molar-refractivity contribution >= 4 is 29.4 Å². The van der Waals surface area contributed by atoms with Crippen molar-refractivity contribution in [3.8, 4) is 11.1 Å². The van der Waals surface area contributed by atoms with E-state index in [1.54, 1.807) is 6.92 Å². The van der Waals surface area contributed by atoms with Gasteiger partial charge in [-0.3, -0.25) is 9.59 Å². The Labute approximate surface area is 201 Å². The first-order chi connectivity index (χ1) is 16.2. The summed E-state index contributed by atoms with van der Waals surface area (Å²) in [6.45, 7) is 1.58. The number of rotatable bonds is 10. The van der Waals surface area contributed by atoms with E-state index in [1.165, 1.54) is 12.3 Å². The molecule has 1 heterocycles. The Hall–Kier alpha value is -3.78. The van der Waals surface area contributed by atoms with Crippen LogP contribution in [0.3, 0.4) is 0 Å². The second kappa shape index (κ2) is 11.4. The van der Waals surface area contributed by atoms with E-state index in [1.807, 2.05) is 48.5 Å². The quantitative estimate of drug-likeness (QED) is 0.392. The van der Waals surface area contributed by atoms with E-state index < -0.39 is 35.6 Å². The Bertz CT molecular complexity index is 1180. The van der Waals surface area contributed by atoms with Gasteiger partial charge in [0.2, 0.25) is 5.82 Å². The second-order valence-corrected chi connectivity index (χ2v) is 8.40. The lowest BCUT2D eigenvalue weighted by Gasteiger charge is -2.21. The van der Waals surface area contributed by atoms with Crippen LogP contribution < -0.4 is 5.32 Å². The number of carboxylic acids is 2. The van der Waals surface area contributed by atoms with Crippen LogP contribution in [0.15, 0.2) is 60.8 Å². The predicted molar refractivity (Wildman–Crippen MR) is 127 cm³/mol. The van der Waals surface area contributed by atoms with Gasteiger partial charge in [0, 0.05) is 17.3 Å². The van der Waals surface area contributed by atoms with E-state index in [9.17, 15) is 19.5 Å². The van der Waals surface area contributed by atoms with Gasteiger partial charge >= 0.3 is 11.9 Å². The fraction of sp³-hybridized carbons (Fsp3) is 0.240. The molecule has 9 heteroatoms. The summed E-state index contributed by atoms with van der Waals surface area (Å²) in [4.78, 5) is 42.5. The number of aryl methyl sites for hydroxylation is 1. The summed E-state index contributed by atoms with van der Waals surface area (Å²) >= 11 is 6.07. The third-order valence-electron chi connectivity index (χ3n) is 5.37. The molecule has 8 nitrogen and oxygen atoms in total. The van der Waals surface area contributed by atoms with Crippen LogP contribution in [0.25, 0.3) is 11.1 Å². The maximum atomic E-state index is 12.7. The van der Waals surface area contributed by atoms with Crippen LogP contribution in [-0.2, 0) is 11.2 Å². The van der Waals surface area contributed by atoms with E-state index in [4.69, 9.17) is 16.7 Å². The number of nitrogens with one attached hydrogen (secondary N) is 1. The Morgan fingerprint density at radius 2 is 1.76 bits per heavy atom. The van der Waals surface area contributed by atoms with Crippen LogP contribution >= 0.6 is 11.6 Å². The fourth-order valence-corrected chi connectivity index (χ4v) is 3.69. The predicted octanol–water partition coefficient (Wildman–Crippen LogP) is 4.34. The normalized spacial score (nSPS) is 12.5. The molecule has 0 saturated carbocycles. The number of amides is 1. The molecule has 1 amide bonds. The smallest absolute Gasteiger partial charge is 0.373 e. The van der Waals surface area contributed by atoms with Crippen LogP contribution in [0.2, 0.25) is 5.02 Å². The standard InChI is InChI=1S/C25H24ClN3O5/c1-15(24(31)32)13-20(28-23(30)21-11-12-27-22(29-21)25(33)34)10-7-16-5-8-17(9-6-16)18-3-2-4-19(26)14-18/h2-6,8-9,11-12,14-15,20H,7,10,13H2,1H3,(H,28,30)(H,31,32)(H,33,34). The number of carboxylic acid groups (broad SMARTS) is 2. The first-order valence-corrected chi connectivity index (χ1v) is 11.1. The highest BCUT2D eigenvalue weighted by Crippen LogP contribution is 2.23. The summed E-state index contributed by atoms with van der Waals surface area (Å²) in [6.07, 6.45) is 2.52. The third-order valence-corrected chi connectivity index (χ3v) is 5.60. The van der Waals surface area contributed by atoms with Gasteiger partial charge in [-0.15, -0.1) is 0 Å². The molecular formula is C25H24ClN3O5. The molecule has 2 atom stereocenters. The number of hydrogen-bond donors (Lipinski definition) is 3. The number of aromatic carboxylic acids is 1. The van der Waals surface area contributed by atoms with Gasteiger partial charge in [-0.25, -0.2) is 14.8 Å². The molecule has 0 fully saturated rings. The molecule has 3 rings (SSSR count). The molecule has 1 aromatic heterocycles. The summed E-state index contributed by atoms with van der Waals surface area (Å²) in [7, 11) is 0. The van der Waals surface area contributed by atoms with Crippen molar-refractivity contribution in [2.75, 3.05) is 0 Å². The molecule has 3 aromatic rings. The van der Waals surface area contributed by atoms with E-state index in [0.29, 0.717) is 17.9 Å². The molecule has 34 heavy (non-hydrogen) atoms.